The number of hydrogen-bond donors (Lipinski definition) is 1. The number of halogens is 1. The van der Waals surface area contributed by atoms with Crippen molar-refractivity contribution >= 4 is 0 Å². The van der Waals surface area contributed by atoms with E-state index in [-0.39, 0.29) is 5.82 Å². The summed E-state index contributed by atoms with van der Waals surface area (Å²) >= 11 is 0. The molecule has 0 radical (unpaired) electrons. The van der Waals surface area contributed by atoms with Gasteiger partial charge in [0.25, 0.3) is 0 Å². The van der Waals surface area contributed by atoms with Gasteiger partial charge in [-0.2, -0.15) is 0 Å². The minimum absolute atomic E-state index is 0.286. The van der Waals surface area contributed by atoms with Crippen LogP contribution in [0.3, 0.4) is 0 Å². The van der Waals surface area contributed by atoms with E-state index in [2.05, 4.69) is 19.2 Å². The standard InChI is InChI=1S/C14H22FNO/c1-3-12(16-4-2)8-7-11-17-14-10-6-5-9-13(14)15/h5-6,9-10,12,16H,3-4,7-8,11H2,1-2H3. The second-order valence-electron chi connectivity index (χ2n) is 4.08. The van der Waals surface area contributed by atoms with Gasteiger partial charge in [0.1, 0.15) is 0 Å². The van der Waals surface area contributed by atoms with Crippen LogP contribution in [0.25, 0.3) is 0 Å². The first-order chi connectivity index (χ1) is 8.27. The van der Waals surface area contributed by atoms with Crippen molar-refractivity contribution in [2.45, 2.75) is 39.2 Å². The number of nitrogens with one attached hydrogen (secondary N) is 1. The minimum Gasteiger partial charge on any atom is -0.491 e. The summed E-state index contributed by atoms with van der Waals surface area (Å²) in [4.78, 5) is 0. The second-order valence-corrected chi connectivity index (χ2v) is 4.08. The molecule has 1 aromatic rings. The average Bonchev–Trinajstić information content (AvgIpc) is 2.35. The van der Waals surface area contributed by atoms with Gasteiger partial charge in [0, 0.05) is 6.04 Å². The summed E-state index contributed by atoms with van der Waals surface area (Å²) in [6.07, 6.45) is 3.13. The maximum Gasteiger partial charge on any atom is 0.165 e. The Labute approximate surface area is 103 Å². The van der Waals surface area contributed by atoms with Crippen molar-refractivity contribution in [3.63, 3.8) is 0 Å². The van der Waals surface area contributed by atoms with Crippen molar-refractivity contribution in [2.24, 2.45) is 0 Å². The van der Waals surface area contributed by atoms with Crippen LogP contribution in [0.1, 0.15) is 33.1 Å². The molecule has 0 aliphatic rings. The largest absolute Gasteiger partial charge is 0.491 e. The molecule has 0 saturated heterocycles. The van der Waals surface area contributed by atoms with Crippen LogP contribution >= 0.6 is 0 Å². The van der Waals surface area contributed by atoms with Gasteiger partial charge in [0.05, 0.1) is 6.61 Å². The number of rotatable bonds is 8. The predicted octanol–water partition coefficient (Wildman–Crippen LogP) is 3.37. The van der Waals surface area contributed by atoms with Crippen LogP contribution in [0, 0.1) is 5.82 Å². The molecule has 1 rings (SSSR count). The summed E-state index contributed by atoms with van der Waals surface area (Å²) in [7, 11) is 0. The SMILES string of the molecule is CCNC(CC)CCCOc1ccccc1F. The lowest BCUT2D eigenvalue weighted by Crippen LogP contribution is -2.28. The number of hydrogen-bond acceptors (Lipinski definition) is 2. The highest BCUT2D eigenvalue weighted by Crippen LogP contribution is 2.15. The van der Waals surface area contributed by atoms with Gasteiger partial charge in [-0.15, -0.1) is 0 Å². The van der Waals surface area contributed by atoms with Gasteiger partial charge in [0.2, 0.25) is 0 Å². The van der Waals surface area contributed by atoms with Crippen molar-refractivity contribution in [1.82, 2.24) is 5.32 Å². The number of ether oxygens (including phenoxy) is 1. The Bertz CT molecular complexity index is 317. The number of para-hydroxylation sites is 1. The average molecular weight is 239 g/mol. The Morgan fingerprint density at radius 2 is 2.06 bits per heavy atom. The van der Waals surface area contributed by atoms with Crippen LogP contribution in [-0.4, -0.2) is 19.2 Å². The quantitative estimate of drug-likeness (QED) is 0.702. The van der Waals surface area contributed by atoms with Crippen LogP contribution in [0.2, 0.25) is 0 Å². The number of benzene rings is 1. The van der Waals surface area contributed by atoms with E-state index in [4.69, 9.17) is 4.74 Å². The third-order valence-corrected chi connectivity index (χ3v) is 2.78. The Hall–Kier alpha value is -1.09. The maximum atomic E-state index is 13.2. The Kier molecular flexibility index (Phi) is 6.63. The lowest BCUT2D eigenvalue weighted by atomic mass is 10.1. The van der Waals surface area contributed by atoms with E-state index >= 15 is 0 Å². The summed E-state index contributed by atoms with van der Waals surface area (Å²) in [5.74, 6) is 0.0650. The minimum atomic E-state index is -0.286. The van der Waals surface area contributed by atoms with Crippen LogP contribution < -0.4 is 10.1 Å². The normalized spacial score (nSPS) is 12.4. The molecule has 1 unspecified atom stereocenters. The summed E-state index contributed by atoms with van der Waals surface area (Å²) in [5.41, 5.74) is 0. The molecule has 96 valence electrons. The van der Waals surface area contributed by atoms with Crippen LogP contribution in [0.4, 0.5) is 4.39 Å². The van der Waals surface area contributed by atoms with Crippen molar-refractivity contribution < 1.29 is 9.13 Å². The first-order valence-electron chi connectivity index (χ1n) is 6.38. The summed E-state index contributed by atoms with van der Waals surface area (Å²) in [6.45, 7) is 5.85. The first kappa shape index (κ1) is 14.0. The zero-order chi connectivity index (χ0) is 12.5. The van der Waals surface area contributed by atoms with Crippen molar-refractivity contribution in [2.75, 3.05) is 13.2 Å². The van der Waals surface area contributed by atoms with Gasteiger partial charge in [-0.05, 0) is 37.9 Å². The van der Waals surface area contributed by atoms with E-state index in [1.165, 1.54) is 6.07 Å². The monoisotopic (exact) mass is 239 g/mol. The van der Waals surface area contributed by atoms with Crippen molar-refractivity contribution in [3.05, 3.63) is 30.1 Å². The molecule has 3 heteroatoms. The van der Waals surface area contributed by atoms with Crippen LogP contribution in [0.15, 0.2) is 24.3 Å². The zero-order valence-electron chi connectivity index (χ0n) is 10.7. The topological polar surface area (TPSA) is 21.3 Å². The third kappa shape index (κ3) is 5.18. The van der Waals surface area contributed by atoms with E-state index in [0.29, 0.717) is 18.4 Å². The molecule has 0 heterocycles. The molecule has 0 spiro atoms. The van der Waals surface area contributed by atoms with Gasteiger partial charge in [-0.1, -0.05) is 26.0 Å². The molecule has 1 N–H and O–H groups in total. The third-order valence-electron chi connectivity index (χ3n) is 2.78. The molecule has 0 bridgehead atoms. The van der Waals surface area contributed by atoms with E-state index in [9.17, 15) is 4.39 Å². The van der Waals surface area contributed by atoms with Gasteiger partial charge >= 0.3 is 0 Å². The molecule has 0 saturated carbocycles. The highest BCUT2D eigenvalue weighted by molar-refractivity contribution is 5.23. The summed E-state index contributed by atoms with van der Waals surface area (Å²) in [6, 6.07) is 7.08. The highest BCUT2D eigenvalue weighted by Gasteiger charge is 2.05. The van der Waals surface area contributed by atoms with E-state index in [0.717, 1.165) is 25.8 Å². The predicted molar refractivity (Wildman–Crippen MR) is 68.9 cm³/mol. The van der Waals surface area contributed by atoms with Gasteiger partial charge in [-0.3, -0.25) is 0 Å². The lowest BCUT2D eigenvalue weighted by molar-refractivity contribution is 0.282. The van der Waals surface area contributed by atoms with E-state index in [1.807, 2.05) is 0 Å². The smallest absolute Gasteiger partial charge is 0.165 e. The summed E-state index contributed by atoms with van der Waals surface area (Å²) in [5, 5.41) is 3.41. The van der Waals surface area contributed by atoms with Crippen molar-refractivity contribution in [3.8, 4) is 5.75 Å². The molecule has 1 aromatic carbocycles. The molecule has 2 nitrogen and oxygen atoms in total. The fourth-order valence-corrected chi connectivity index (χ4v) is 1.81. The zero-order valence-corrected chi connectivity index (χ0v) is 10.7. The second kappa shape index (κ2) is 8.07. The van der Waals surface area contributed by atoms with E-state index < -0.39 is 0 Å². The van der Waals surface area contributed by atoms with E-state index in [1.54, 1.807) is 18.2 Å². The lowest BCUT2D eigenvalue weighted by Gasteiger charge is -2.15. The Morgan fingerprint density at radius 1 is 1.29 bits per heavy atom. The molecular formula is C14H22FNO. The van der Waals surface area contributed by atoms with Gasteiger partial charge in [0.15, 0.2) is 11.6 Å². The maximum absolute atomic E-state index is 13.2. The molecule has 1 atom stereocenters. The highest BCUT2D eigenvalue weighted by atomic mass is 19.1. The first-order valence-corrected chi connectivity index (χ1v) is 6.38. The Morgan fingerprint density at radius 3 is 2.71 bits per heavy atom. The molecule has 0 fully saturated rings. The molecule has 0 aromatic heterocycles. The molecular weight excluding hydrogens is 217 g/mol. The summed E-state index contributed by atoms with van der Waals surface area (Å²) < 4.78 is 18.6. The van der Waals surface area contributed by atoms with Gasteiger partial charge < -0.3 is 10.1 Å². The van der Waals surface area contributed by atoms with Gasteiger partial charge in [-0.25, -0.2) is 4.39 Å². The van der Waals surface area contributed by atoms with Crippen LogP contribution in [0.5, 0.6) is 5.75 Å². The van der Waals surface area contributed by atoms with Crippen LogP contribution in [-0.2, 0) is 0 Å². The molecule has 0 amide bonds. The fraction of sp³-hybridized carbons (Fsp3) is 0.571. The Balaban J connectivity index is 2.22. The molecule has 17 heavy (non-hydrogen) atoms. The fourth-order valence-electron chi connectivity index (χ4n) is 1.81. The molecule has 0 aliphatic heterocycles. The van der Waals surface area contributed by atoms with Crippen molar-refractivity contribution in [1.29, 1.82) is 0 Å². The molecule has 0 aliphatic carbocycles.